The van der Waals surface area contributed by atoms with Crippen LogP contribution in [0, 0.1) is 41.2 Å². The number of aromatic nitrogens is 8. The van der Waals surface area contributed by atoms with Crippen molar-refractivity contribution < 1.29 is 54.1 Å². The van der Waals surface area contributed by atoms with Gasteiger partial charge in [0.2, 0.25) is 16.5 Å². The van der Waals surface area contributed by atoms with Gasteiger partial charge in [-0.05, 0) is 108 Å². The number of anilines is 2. The maximum atomic E-state index is 13.5. The lowest BCUT2D eigenvalue weighted by Crippen LogP contribution is -2.48. The average Bonchev–Trinajstić information content (AvgIpc) is 3.99. The molecule has 6 heterocycles. The molecule has 0 radical (unpaired) electrons. The zero-order chi connectivity index (χ0) is 52.2. The molecule has 4 aliphatic rings. The highest BCUT2D eigenvalue weighted by Gasteiger charge is 2.43. The van der Waals surface area contributed by atoms with E-state index in [1.54, 1.807) is 20.4 Å². The maximum Gasteiger partial charge on any atom is 0.408 e. The van der Waals surface area contributed by atoms with E-state index in [0.717, 1.165) is 62.9 Å². The lowest BCUT2D eigenvalue weighted by molar-refractivity contribution is -0.144. The Morgan fingerprint density at radius 2 is 1.07 bits per heavy atom. The van der Waals surface area contributed by atoms with E-state index in [4.69, 9.17) is 47.9 Å². The number of methoxy groups -OCH3 is 2. The first kappa shape index (κ1) is 53.6. The number of nitrogens with zero attached hydrogens (tertiary/aromatic N) is 10. The quantitative estimate of drug-likeness (QED) is 0.116. The Hall–Kier alpha value is -5.72. The average molecular weight is 1130 g/mol. The van der Waals surface area contributed by atoms with Gasteiger partial charge in [-0.1, -0.05) is 23.2 Å². The Kier molecular flexibility index (Phi) is 16.7. The first-order valence-corrected chi connectivity index (χ1v) is 24.4. The van der Waals surface area contributed by atoms with Gasteiger partial charge in [0.15, 0.2) is 5.82 Å². The molecule has 0 amide bonds. The van der Waals surface area contributed by atoms with Crippen molar-refractivity contribution in [3.63, 3.8) is 0 Å². The van der Waals surface area contributed by atoms with Gasteiger partial charge in [-0.3, -0.25) is 0 Å². The van der Waals surface area contributed by atoms with Crippen LogP contribution in [-0.4, -0.2) is 98.3 Å². The first-order valence-electron chi connectivity index (χ1n) is 22.9. The van der Waals surface area contributed by atoms with Crippen LogP contribution in [0.15, 0.2) is 77.8 Å². The Labute approximate surface area is 432 Å². The number of hydrogen-bond acceptors (Lipinski definition) is 13. The summed E-state index contributed by atoms with van der Waals surface area (Å²) in [7, 11) is 3.23. The van der Waals surface area contributed by atoms with Crippen LogP contribution < -0.4 is 34.5 Å². The lowest BCUT2D eigenvalue weighted by Gasteiger charge is -2.39. The summed E-state index contributed by atoms with van der Waals surface area (Å²) in [5, 5.41) is 7.22. The normalized spacial score (nSPS) is 21.2. The second-order valence-corrected chi connectivity index (χ2v) is 19.5. The second-order valence-electron chi connectivity index (χ2n) is 17.9. The molecule has 2 saturated heterocycles. The molecule has 4 unspecified atom stereocenters. The number of nitrogens with two attached hydrogens (primary N) is 1. The third-order valence-electron chi connectivity index (χ3n) is 13.1. The first-order chi connectivity index (χ1) is 34.7. The van der Waals surface area contributed by atoms with Gasteiger partial charge in [0, 0.05) is 86.7 Å². The summed E-state index contributed by atoms with van der Waals surface area (Å²) in [4.78, 5) is 21.0. The van der Waals surface area contributed by atoms with Crippen molar-refractivity contribution in [3.8, 4) is 35.3 Å². The van der Waals surface area contributed by atoms with Crippen LogP contribution in [0.1, 0.15) is 31.5 Å². The molecular formula is C47H48BrCl2F8N11O4. The molecule has 0 spiro atoms. The molecular weight excluding hydrogens is 1090 g/mol. The van der Waals surface area contributed by atoms with Crippen molar-refractivity contribution in [1.82, 2.24) is 39.5 Å². The zero-order valence-electron chi connectivity index (χ0n) is 39.0. The summed E-state index contributed by atoms with van der Waals surface area (Å²) in [6, 6.07) is 14.5. The van der Waals surface area contributed by atoms with E-state index in [0.29, 0.717) is 63.1 Å². The fourth-order valence-corrected chi connectivity index (χ4v) is 10.4. The summed E-state index contributed by atoms with van der Waals surface area (Å²) in [6.07, 6.45) is -0.377. The molecule has 2 aliphatic carbocycles. The predicted molar refractivity (Wildman–Crippen MR) is 256 cm³/mol. The van der Waals surface area contributed by atoms with Crippen LogP contribution in [-0.2, 0) is 19.5 Å². The van der Waals surface area contributed by atoms with Crippen molar-refractivity contribution in [1.29, 1.82) is 0 Å². The Balaban J connectivity index is 0.000000161. The van der Waals surface area contributed by atoms with E-state index < -0.39 is 43.1 Å². The highest BCUT2D eigenvalue weighted by atomic mass is 79.9. The van der Waals surface area contributed by atoms with Crippen LogP contribution in [0.3, 0.4) is 0 Å². The molecule has 2 saturated carbocycles. The van der Waals surface area contributed by atoms with Gasteiger partial charge in [-0.25, -0.2) is 28.1 Å². The van der Waals surface area contributed by atoms with E-state index in [1.807, 2.05) is 24.4 Å². The number of fused-ring (bicyclic) bond motifs is 4. The largest absolute Gasteiger partial charge is 0.481 e. The van der Waals surface area contributed by atoms with Crippen molar-refractivity contribution in [2.24, 2.45) is 35.3 Å². The minimum Gasteiger partial charge on any atom is -0.481 e. The third-order valence-corrected chi connectivity index (χ3v) is 14.0. The van der Waals surface area contributed by atoms with Crippen LogP contribution in [0.5, 0.6) is 35.3 Å². The molecule has 392 valence electrons. The Bertz CT molecular complexity index is 2820. The smallest absolute Gasteiger partial charge is 0.408 e. The molecule has 4 atom stereocenters. The van der Waals surface area contributed by atoms with E-state index in [-0.39, 0.29) is 38.2 Å². The van der Waals surface area contributed by atoms with Crippen molar-refractivity contribution in [3.05, 3.63) is 105 Å². The van der Waals surface area contributed by atoms with Gasteiger partial charge in [-0.2, -0.15) is 41.4 Å². The van der Waals surface area contributed by atoms with Gasteiger partial charge in [0.25, 0.3) is 0 Å². The van der Waals surface area contributed by atoms with Crippen LogP contribution >= 0.6 is 39.1 Å². The van der Waals surface area contributed by atoms with Gasteiger partial charge >= 0.3 is 24.4 Å². The molecule has 4 aromatic heterocycles. The Morgan fingerprint density at radius 1 is 0.630 bits per heavy atom. The van der Waals surface area contributed by atoms with Crippen LogP contribution in [0.2, 0.25) is 10.0 Å². The van der Waals surface area contributed by atoms with Gasteiger partial charge < -0.3 is 34.5 Å². The number of ether oxygens (including phenoxy) is 4. The number of piperidine rings is 2. The molecule has 26 heteroatoms. The number of halogens is 11. The van der Waals surface area contributed by atoms with E-state index >= 15 is 0 Å². The van der Waals surface area contributed by atoms with E-state index in [2.05, 4.69) is 61.9 Å². The van der Waals surface area contributed by atoms with Crippen LogP contribution in [0.25, 0.3) is 0 Å². The summed E-state index contributed by atoms with van der Waals surface area (Å²) < 4.78 is 125. The molecule has 6 aromatic rings. The standard InChI is InChI=1S/C24H24ClF4N5O2.C13H19N3O.C10H5BrClF4N3O/c1-35-22-8-16(6-7-30-22)33-11-14-2-3-15(12-33)18(14)10-21-31-23(34(32-21)13-24(27,28)29)36-17-4-5-20(26)19(25)9-17;1-17-12-6-11(4-5-15-12)16-7-9-2-3-10(8-16)13(9)14;11-8-17-9(19(18-8)4-10(14,15)16)20-5-1-2-7(13)6(12)3-5/h4-9,14-15,18H,2-3,10-13H2,1H3;4-6,9-10,13H,2-3,7-8,14H2,1H3;1-3H,4H2. The monoisotopic (exact) mass is 1130 g/mol. The highest BCUT2D eigenvalue weighted by molar-refractivity contribution is 9.10. The number of alkyl halides is 6. The van der Waals surface area contributed by atoms with Crippen molar-refractivity contribution in [2.45, 2.75) is 63.6 Å². The fourth-order valence-electron chi connectivity index (χ4n) is 9.73. The van der Waals surface area contributed by atoms with Gasteiger partial charge in [-0.15, -0.1) is 5.10 Å². The Morgan fingerprint density at radius 3 is 1.52 bits per heavy atom. The van der Waals surface area contributed by atoms with E-state index in [1.165, 1.54) is 36.7 Å². The minimum atomic E-state index is -4.51. The topological polar surface area (TPSA) is 157 Å². The molecule has 15 nitrogen and oxygen atoms in total. The van der Waals surface area contributed by atoms with E-state index in [9.17, 15) is 35.1 Å². The van der Waals surface area contributed by atoms with Gasteiger partial charge in [0.05, 0.1) is 24.3 Å². The van der Waals surface area contributed by atoms with Crippen LogP contribution in [0.4, 0.5) is 46.5 Å². The summed E-state index contributed by atoms with van der Waals surface area (Å²) in [5.41, 5.74) is 8.47. The summed E-state index contributed by atoms with van der Waals surface area (Å²) in [5.74, 6) is 2.61. The summed E-state index contributed by atoms with van der Waals surface area (Å²) >= 11 is 14.2. The SMILES string of the molecule is COc1cc(N2CC3CCC(C2)C3Cc2nc(Oc3ccc(F)c(Cl)c3)n(CC(F)(F)F)n2)ccn1.COc1cc(N2CC3CCC(C2)C3N)ccn1.Fc1ccc(Oc2nc(Br)nn2CC(F)(F)F)cc1Cl. The number of pyridine rings is 2. The molecule has 2 aromatic carbocycles. The number of benzene rings is 2. The molecule has 2 aliphatic heterocycles. The summed E-state index contributed by atoms with van der Waals surface area (Å²) in [6.45, 7) is 1.09. The minimum absolute atomic E-state index is 0.0414. The molecule has 4 fully saturated rings. The zero-order valence-corrected chi connectivity index (χ0v) is 42.1. The van der Waals surface area contributed by atoms with Crippen molar-refractivity contribution >= 4 is 50.5 Å². The number of hydrogen-bond donors (Lipinski definition) is 1. The molecule has 4 bridgehead atoms. The predicted octanol–water partition coefficient (Wildman–Crippen LogP) is 11.0. The van der Waals surface area contributed by atoms with Crippen molar-refractivity contribution in [2.75, 3.05) is 50.2 Å². The maximum absolute atomic E-state index is 13.5. The third kappa shape index (κ3) is 13.9. The second kappa shape index (κ2) is 22.8. The number of rotatable bonds is 12. The molecule has 2 N–H and O–H groups in total. The molecule has 73 heavy (non-hydrogen) atoms. The van der Waals surface area contributed by atoms with Gasteiger partial charge in [0.1, 0.15) is 36.2 Å². The fraction of sp³-hybridized carbons (Fsp3) is 0.447. The molecule has 10 rings (SSSR count). The lowest BCUT2D eigenvalue weighted by atomic mass is 9.82. The highest BCUT2D eigenvalue weighted by Crippen LogP contribution is 2.45.